The Balaban J connectivity index is 1.93. The van der Waals surface area contributed by atoms with Crippen molar-refractivity contribution >= 4 is 11.9 Å². The number of fused-ring (bicyclic) bond motifs is 4. The van der Waals surface area contributed by atoms with Crippen molar-refractivity contribution in [2.24, 2.45) is 5.92 Å². The second-order valence-corrected chi connectivity index (χ2v) is 7.46. The van der Waals surface area contributed by atoms with Gasteiger partial charge in [0.1, 0.15) is 5.75 Å². The molecule has 0 heterocycles. The van der Waals surface area contributed by atoms with E-state index in [4.69, 9.17) is 5.11 Å². The second kappa shape index (κ2) is 6.11. The molecule has 1 saturated carbocycles. The Morgan fingerprint density at radius 1 is 1.33 bits per heavy atom. The first kappa shape index (κ1) is 16.8. The molecule has 5 nitrogen and oxygen atoms in total. The lowest BCUT2D eigenvalue weighted by molar-refractivity contribution is -0.142. The first-order chi connectivity index (χ1) is 11.3. The van der Waals surface area contributed by atoms with Crippen molar-refractivity contribution in [2.75, 3.05) is 7.05 Å². The highest BCUT2D eigenvalue weighted by atomic mass is 16.4. The van der Waals surface area contributed by atoms with Crippen LogP contribution in [-0.2, 0) is 21.4 Å². The molecule has 1 aromatic rings. The number of hydrogen-bond acceptors (Lipinski definition) is 3. The van der Waals surface area contributed by atoms with Crippen LogP contribution in [0.1, 0.15) is 50.2 Å². The van der Waals surface area contributed by atoms with E-state index in [1.165, 1.54) is 5.56 Å². The molecule has 1 unspecified atom stereocenters. The molecule has 130 valence electrons. The third kappa shape index (κ3) is 2.76. The quantitative estimate of drug-likeness (QED) is 0.889. The summed E-state index contributed by atoms with van der Waals surface area (Å²) < 4.78 is 0. The van der Waals surface area contributed by atoms with Crippen LogP contribution >= 0.6 is 0 Å². The number of aromatic hydroxyl groups is 1. The lowest BCUT2D eigenvalue weighted by Crippen LogP contribution is -2.58. The third-order valence-electron chi connectivity index (χ3n) is 5.92. The fraction of sp³-hybridized carbons (Fsp3) is 0.579. The van der Waals surface area contributed by atoms with Crippen molar-refractivity contribution in [1.29, 1.82) is 0 Å². The zero-order valence-corrected chi connectivity index (χ0v) is 14.3. The average molecular weight is 331 g/mol. The van der Waals surface area contributed by atoms with Gasteiger partial charge in [0.25, 0.3) is 0 Å². The van der Waals surface area contributed by atoms with E-state index in [-0.39, 0.29) is 36.0 Å². The molecule has 2 N–H and O–H groups in total. The second-order valence-electron chi connectivity index (χ2n) is 7.46. The number of phenolic OH excluding ortho intramolecular Hbond substituents is 1. The molecule has 0 aliphatic heterocycles. The molecule has 0 radical (unpaired) electrons. The van der Waals surface area contributed by atoms with Crippen LogP contribution in [0.4, 0.5) is 0 Å². The molecule has 0 spiro atoms. The Morgan fingerprint density at radius 3 is 2.79 bits per heavy atom. The molecule has 3 atom stereocenters. The van der Waals surface area contributed by atoms with Gasteiger partial charge in [0.2, 0.25) is 5.91 Å². The average Bonchev–Trinajstić information content (AvgIpc) is 2.52. The Bertz CT molecular complexity index is 671. The summed E-state index contributed by atoms with van der Waals surface area (Å²) in [6, 6.07) is 5.64. The van der Waals surface area contributed by atoms with Gasteiger partial charge in [-0.05, 0) is 48.4 Å². The zero-order chi connectivity index (χ0) is 17.5. The minimum Gasteiger partial charge on any atom is -0.508 e. The third-order valence-corrected chi connectivity index (χ3v) is 5.92. The van der Waals surface area contributed by atoms with E-state index in [0.29, 0.717) is 5.92 Å². The van der Waals surface area contributed by atoms with Gasteiger partial charge in [-0.2, -0.15) is 0 Å². The Kier molecular flexibility index (Phi) is 4.28. The number of carboxylic acid groups (broad SMARTS) is 1. The molecular formula is C19H25NO4. The monoisotopic (exact) mass is 331 g/mol. The fourth-order valence-electron chi connectivity index (χ4n) is 4.91. The van der Waals surface area contributed by atoms with E-state index in [2.05, 4.69) is 6.92 Å². The predicted octanol–water partition coefficient (Wildman–Crippen LogP) is 2.70. The van der Waals surface area contributed by atoms with E-state index < -0.39 is 5.97 Å². The normalized spacial score (nSPS) is 28.1. The number of benzene rings is 1. The minimum absolute atomic E-state index is 0.0397. The Labute approximate surface area is 142 Å². The number of carbonyl (C=O) groups excluding carboxylic acids is 1. The van der Waals surface area contributed by atoms with Crippen LogP contribution in [0.25, 0.3) is 0 Å². The van der Waals surface area contributed by atoms with Gasteiger partial charge in [0.15, 0.2) is 0 Å². The summed E-state index contributed by atoms with van der Waals surface area (Å²) in [5, 5.41) is 18.8. The molecule has 24 heavy (non-hydrogen) atoms. The fourth-order valence-corrected chi connectivity index (χ4v) is 4.91. The highest BCUT2D eigenvalue weighted by molar-refractivity contribution is 5.81. The number of amides is 1. The van der Waals surface area contributed by atoms with Gasteiger partial charge in [-0.15, -0.1) is 0 Å². The summed E-state index contributed by atoms with van der Waals surface area (Å²) in [4.78, 5) is 25.1. The van der Waals surface area contributed by atoms with Crippen molar-refractivity contribution in [2.45, 2.75) is 56.9 Å². The topological polar surface area (TPSA) is 77.8 Å². The van der Waals surface area contributed by atoms with Crippen LogP contribution in [0.5, 0.6) is 5.75 Å². The zero-order valence-electron chi connectivity index (χ0n) is 14.3. The number of rotatable bonds is 4. The van der Waals surface area contributed by atoms with Crippen molar-refractivity contribution in [3.05, 3.63) is 29.3 Å². The molecule has 3 rings (SSSR count). The van der Waals surface area contributed by atoms with E-state index in [9.17, 15) is 14.7 Å². The van der Waals surface area contributed by atoms with Crippen LogP contribution in [-0.4, -0.2) is 40.1 Å². The maximum atomic E-state index is 12.5. The largest absolute Gasteiger partial charge is 0.508 e. The van der Waals surface area contributed by atoms with Gasteiger partial charge in [0.05, 0.1) is 6.42 Å². The van der Waals surface area contributed by atoms with Crippen LogP contribution < -0.4 is 0 Å². The molecule has 0 aromatic heterocycles. The smallest absolute Gasteiger partial charge is 0.303 e. The van der Waals surface area contributed by atoms with Gasteiger partial charge in [-0.1, -0.05) is 19.4 Å². The Morgan fingerprint density at radius 2 is 2.08 bits per heavy atom. The maximum Gasteiger partial charge on any atom is 0.303 e. The highest BCUT2D eigenvalue weighted by Gasteiger charge is 2.50. The molecule has 5 heteroatoms. The van der Waals surface area contributed by atoms with E-state index in [1.807, 2.05) is 12.1 Å². The van der Waals surface area contributed by atoms with Crippen molar-refractivity contribution < 1.29 is 19.8 Å². The minimum atomic E-state index is -0.943. The van der Waals surface area contributed by atoms with Crippen LogP contribution in [0.3, 0.4) is 0 Å². The number of carboxylic acids is 1. The number of hydrogen-bond donors (Lipinski definition) is 2. The Hall–Kier alpha value is -2.04. The molecule has 2 bridgehead atoms. The van der Waals surface area contributed by atoms with E-state index in [1.54, 1.807) is 18.0 Å². The van der Waals surface area contributed by atoms with Crippen molar-refractivity contribution in [3.63, 3.8) is 0 Å². The molecule has 0 saturated heterocycles. The standard InChI is InChI=1S/C19H25NO4/c1-19-9-3-4-13(10-12-5-6-14(21)11-15(12)19)18(19)20(2)16(22)7-8-17(23)24/h5-6,11,13,18,21H,3-4,7-10H2,1-2H3,(H,23,24)/t13?,18-,19+/m0/s1. The molecular weight excluding hydrogens is 306 g/mol. The first-order valence-electron chi connectivity index (χ1n) is 8.63. The maximum absolute atomic E-state index is 12.5. The molecule has 2 aliphatic carbocycles. The van der Waals surface area contributed by atoms with Crippen molar-refractivity contribution in [1.82, 2.24) is 4.90 Å². The summed E-state index contributed by atoms with van der Waals surface area (Å²) in [6.45, 7) is 2.18. The molecule has 1 aromatic carbocycles. The number of phenols is 1. The highest BCUT2D eigenvalue weighted by Crippen LogP contribution is 2.51. The van der Waals surface area contributed by atoms with Crippen LogP contribution in [0, 0.1) is 5.92 Å². The van der Waals surface area contributed by atoms with Gasteiger partial charge in [-0.3, -0.25) is 9.59 Å². The van der Waals surface area contributed by atoms with Gasteiger partial charge in [-0.25, -0.2) is 0 Å². The number of aliphatic carboxylic acids is 1. The van der Waals surface area contributed by atoms with Gasteiger partial charge < -0.3 is 15.1 Å². The number of likely N-dealkylation sites (N-methyl/N-ethyl adjacent to an activating group) is 1. The van der Waals surface area contributed by atoms with Gasteiger partial charge in [0, 0.05) is 24.9 Å². The van der Waals surface area contributed by atoms with E-state index >= 15 is 0 Å². The number of carbonyl (C=O) groups is 2. The molecule has 1 amide bonds. The lowest BCUT2D eigenvalue weighted by Gasteiger charge is -2.54. The van der Waals surface area contributed by atoms with Crippen LogP contribution in [0.2, 0.25) is 0 Å². The lowest BCUT2D eigenvalue weighted by atomic mass is 9.57. The van der Waals surface area contributed by atoms with E-state index in [0.717, 1.165) is 31.2 Å². The SMILES string of the molecule is CN(C(=O)CCC(=O)O)[C@H]1C2CCC[C@]1(C)c1cc(O)ccc1C2. The first-order valence-corrected chi connectivity index (χ1v) is 8.63. The summed E-state index contributed by atoms with van der Waals surface area (Å²) in [5.74, 6) is -0.400. The number of nitrogens with zero attached hydrogens (tertiary/aromatic N) is 1. The van der Waals surface area contributed by atoms with Crippen LogP contribution in [0.15, 0.2) is 18.2 Å². The summed E-state index contributed by atoms with van der Waals surface area (Å²) in [6.07, 6.45) is 3.99. The molecule has 2 aliphatic rings. The van der Waals surface area contributed by atoms with Gasteiger partial charge >= 0.3 is 5.97 Å². The van der Waals surface area contributed by atoms with Crippen molar-refractivity contribution in [3.8, 4) is 5.75 Å². The summed E-state index contributed by atoms with van der Waals surface area (Å²) >= 11 is 0. The predicted molar refractivity (Wildman–Crippen MR) is 89.9 cm³/mol. The summed E-state index contributed by atoms with van der Waals surface area (Å²) in [7, 11) is 1.80. The summed E-state index contributed by atoms with van der Waals surface area (Å²) in [5.41, 5.74) is 2.21. The molecule has 1 fully saturated rings.